The minimum Gasteiger partial charge on any atom is -0.491 e. The van der Waals surface area contributed by atoms with Gasteiger partial charge in [-0.3, -0.25) is 0 Å². The van der Waals surface area contributed by atoms with E-state index in [1.807, 2.05) is 37.3 Å². The molecule has 17 heteroatoms. The van der Waals surface area contributed by atoms with Gasteiger partial charge in [0, 0.05) is 43.8 Å². The average Bonchev–Trinajstić information content (AvgIpc) is 3.98. The third-order valence-electron chi connectivity index (χ3n) is 9.86. The van der Waals surface area contributed by atoms with E-state index in [0.717, 1.165) is 16.7 Å². The van der Waals surface area contributed by atoms with Crippen LogP contribution in [0.1, 0.15) is 5.56 Å². The van der Waals surface area contributed by atoms with Crippen LogP contribution in [0.5, 0.6) is 17.2 Å². The maximum atomic E-state index is 9.98. The molecule has 9 rings (SSSR count). The standard InChI is InChI=1S/C42H38N8O9/c1-20-2-6-27-31(10-20)39-43-35(27)45-40-33-12-25(58-18-22(55)15-52)4-8-29(33)37(47-40)49-42-34-13-26(59-19-23(56)16-53)5-9-30(34)38(50-42)48-41-32-11-24(57-17-21(54)14-51)3-7-28(32)36(44-39)46-41/h2-13,21-23,51-56H,14-19H2,1H3,(H2,43,44,45,46,47,48,49,50). The fourth-order valence-corrected chi connectivity index (χ4v) is 6.85. The number of H-pyrrole nitrogens is 2. The van der Waals surface area contributed by atoms with Gasteiger partial charge in [-0.05, 0) is 67.6 Å². The Kier molecular flexibility index (Phi) is 10.1. The van der Waals surface area contributed by atoms with Crippen molar-refractivity contribution in [2.24, 2.45) is 0 Å². The van der Waals surface area contributed by atoms with Crippen LogP contribution in [-0.4, -0.2) is 128 Å². The molecule has 0 aliphatic carbocycles. The molecular weight excluding hydrogens is 761 g/mol. The normalized spacial score (nSPS) is 13.5. The Balaban J connectivity index is 1.34. The van der Waals surface area contributed by atoms with Gasteiger partial charge in [0.25, 0.3) is 0 Å². The van der Waals surface area contributed by atoms with Crippen LogP contribution in [0.15, 0.2) is 72.8 Å². The van der Waals surface area contributed by atoms with Crippen LogP contribution >= 0.6 is 0 Å². The fraction of sp³-hybridized carbons (Fsp3) is 0.238. The number of aromatic nitrogens is 8. The van der Waals surface area contributed by atoms with Gasteiger partial charge in [-0.1, -0.05) is 17.7 Å². The number of ether oxygens (including phenoxy) is 3. The molecule has 59 heavy (non-hydrogen) atoms. The number of hydrogen-bond acceptors (Lipinski definition) is 15. The summed E-state index contributed by atoms with van der Waals surface area (Å²) in [6.07, 6.45) is -3.21. The number of fused-ring (bicyclic) bond motifs is 20. The lowest BCUT2D eigenvalue weighted by Gasteiger charge is -2.10. The Morgan fingerprint density at radius 2 is 0.814 bits per heavy atom. The highest BCUT2D eigenvalue weighted by Crippen LogP contribution is 2.39. The second kappa shape index (κ2) is 15.6. The lowest BCUT2D eigenvalue weighted by Crippen LogP contribution is -2.21. The number of aliphatic hydroxyl groups is 6. The Hall–Kier alpha value is -6.60. The lowest BCUT2D eigenvalue weighted by molar-refractivity contribution is 0.0536. The molecule has 0 fully saturated rings. The monoisotopic (exact) mass is 798 g/mol. The molecule has 0 radical (unpaired) electrons. The van der Waals surface area contributed by atoms with Gasteiger partial charge in [0.15, 0.2) is 23.3 Å². The van der Waals surface area contributed by atoms with Crippen molar-refractivity contribution in [3.63, 3.8) is 0 Å². The van der Waals surface area contributed by atoms with Gasteiger partial charge in [0.1, 0.15) is 78.0 Å². The number of nitrogens with zero attached hydrogens (tertiary/aromatic N) is 6. The van der Waals surface area contributed by atoms with Crippen LogP contribution < -0.4 is 14.2 Å². The Morgan fingerprint density at radius 3 is 1.27 bits per heavy atom. The molecule has 8 N–H and O–H groups in total. The van der Waals surface area contributed by atoms with E-state index in [9.17, 15) is 30.6 Å². The maximum Gasteiger partial charge on any atom is 0.164 e. The van der Waals surface area contributed by atoms with Crippen molar-refractivity contribution in [2.45, 2.75) is 25.2 Å². The summed E-state index contributed by atoms with van der Waals surface area (Å²) in [5.74, 6) is 2.69. The first-order valence-electron chi connectivity index (χ1n) is 18.8. The number of rotatable bonds is 12. The Bertz CT molecular complexity index is 2900. The summed E-state index contributed by atoms with van der Waals surface area (Å²) in [6.45, 7) is 0.232. The quantitative estimate of drug-likeness (QED) is 0.0882. The number of benzene rings is 4. The molecule has 17 nitrogen and oxygen atoms in total. The highest BCUT2D eigenvalue weighted by molar-refractivity contribution is 6.07. The predicted octanol–water partition coefficient (Wildman–Crippen LogP) is 3.37. The third kappa shape index (κ3) is 7.38. The first-order chi connectivity index (χ1) is 28.7. The van der Waals surface area contributed by atoms with Gasteiger partial charge in [0.05, 0.1) is 19.8 Å². The van der Waals surface area contributed by atoms with E-state index in [0.29, 0.717) is 90.0 Å². The predicted molar refractivity (Wildman–Crippen MR) is 217 cm³/mol. The highest BCUT2D eigenvalue weighted by atomic mass is 16.5. The van der Waals surface area contributed by atoms with E-state index < -0.39 is 38.1 Å². The first kappa shape index (κ1) is 37.9. The van der Waals surface area contributed by atoms with E-state index >= 15 is 0 Å². The van der Waals surface area contributed by atoms with Crippen LogP contribution in [0.3, 0.4) is 0 Å². The SMILES string of the molecule is Cc1ccc2c(c1)-c1nc-2nc2[nH]c(nc3nc(nc4[nH]c(n1)c1ccc(OCC(O)CO)cc41)-c1ccc(OCC(O)CO)cc1-3)c1ccc(OCC(O)CO)cc21. The molecule has 2 aliphatic rings. The second-order valence-corrected chi connectivity index (χ2v) is 14.2. The smallest absolute Gasteiger partial charge is 0.164 e. The molecule has 4 aromatic carbocycles. The minimum atomic E-state index is -1.08. The van der Waals surface area contributed by atoms with Crippen molar-refractivity contribution < 1.29 is 44.8 Å². The summed E-state index contributed by atoms with van der Waals surface area (Å²) in [4.78, 5) is 36.8. The molecule has 8 bridgehead atoms. The van der Waals surface area contributed by atoms with Crippen molar-refractivity contribution in [3.8, 4) is 62.8 Å². The van der Waals surface area contributed by atoms with Crippen molar-refractivity contribution >= 4 is 44.1 Å². The van der Waals surface area contributed by atoms with E-state index in [2.05, 4.69) is 9.97 Å². The van der Waals surface area contributed by atoms with Gasteiger partial charge < -0.3 is 54.8 Å². The first-order valence-corrected chi connectivity index (χ1v) is 18.8. The molecule has 0 saturated carbocycles. The highest BCUT2D eigenvalue weighted by Gasteiger charge is 2.24. The molecule has 0 spiro atoms. The average molecular weight is 799 g/mol. The molecular formula is C42H38N8O9. The van der Waals surface area contributed by atoms with E-state index in [-0.39, 0.29) is 25.6 Å². The summed E-state index contributed by atoms with van der Waals surface area (Å²) in [5, 5.41) is 60.6. The number of nitrogens with one attached hydrogen (secondary N) is 2. The number of hydrogen-bond donors (Lipinski definition) is 8. The number of aliphatic hydroxyl groups excluding tert-OH is 6. The van der Waals surface area contributed by atoms with E-state index in [1.165, 1.54) is 0 Å². The summed E-state index contributed by atoms with van der Waals surface area (Å²) in [5.41, 5.74) is 5.42. The van der Waals surface area contributed by atoms with Crippen LogP contribution in [0.4, 0.5) is 0 Å². The number of aromatic amines is 2. The van der Waals surface area contributed by atoms with E-state index in [4.69, 9.17) is 44.1 Å². The van der Waals surface area contributed by atoms with E-state index in [1.54, 1.807) is 42.5 Å². The fourth-order valence-electron chi connectivity index (χ4n) is 6.85. The van der Waals surface area contributed by atoms with Gasteiger partial charge in [-0.2, -0.15) is 0 Å². The van der Waals surface area contributed by atoms with Crippen molar-refractivity contribution in [2.75, 3.05) is 39.6 Å². The lowest BCUT2D eigenvalue weighted by atomic mass is 10.1. The molecule has 3 atom stereocenters. The van der Waals surface area contributed by atoms with Crippen LogP contribution in [0.2, 0.25) is 0 Å². The molecule has 0 saturated heterocycles. The van der Waals surface area contributed by atoms with Crippen LogP contribution in [0, 0.1) is 6.92 Å². The van der Waals surface area contributed by atoms with Crippen LogP contribution in [-0.2, 0) is 0 Å². The van der Waals surface area contributed by atoms with Gasteiger partial charge >= 0.3 is 0 Å². The van der Waals surface area contributed by atoms with Crippen molar-refractivity contribution in [1.82, 2.24) is 39.9 Å². The Labute approximate surface area is 334 Å². The minimum absolute atomic E-state index is 0.124. The third-order valence-corrected chi connectivity index (χ3v) is 9.86. The number of aryl methyl sites for hydroxylation is 1. The zero-order valence-corrected chi connectivity index (χ0v) is 31.5. The van der Waals surface area contributed by atoms with Crippen molar-refractivity contribution in [3.05, 3.63) is 78.4 Å². The Morgan fingerprint density at radius 1 is 0.441 bits per heavy atom. The summed E-state index contributed by atoms with van der Waals surface area (Å²) >= 11 is 0. The zero-order chi connectivity index (χ0) is 40.8. The van der Waals surface area contributed by atoms with Gasteiger partial charge in [-0.15, -0.1) is 0 Å². The molecule has 3 aromatic heterocycles. The topological polar surface area (TPSA) is 258 Å². The van der Waals surface area contributed by atoms with Gasteiger partial charge in [0.2, 0.25) is 0 Å². The zero-order valence-electron chi connectivity index (χ0n) is 31.5. The summed E-state index contributed by atoms with van der Waals surface area (Å²) in [6, 6.07) is 21.8. The van der Waals surface area contributed by atoms with Crippen LogP contribution in [0.25, 0.3) is 89.7 Å². The molecule has 3 unspecified atom stereocenters. The summed E-state index contributed by atoms with van der Waals surface area (Å²) in [7, 11) is 0. The molecule has 0 amide bonds. The molecule has 300 valence electrons. The van der Waals surface area contributed by atoms with Crippen molar-refractivity contribution in [1.29, 1.82) is 0 Å². The second-order valence-electron chi connectivity index (χ2n) is 14.2. The molecule has 7 aromatic rings. The largest absolute Gasteiger partial charge is 0.491 e. The molecule has 2 aliphatic heterocycles. The van der Waals surface area contributed by atoms with Gasteiger partial charge in [-0.25, -0.2) is 29.9 Å². The summed E-state index contributed by atoms with van der Waals surface area (Å²) < 4.78 is 17.4. The maximum absolute atomic E-state index is 9.98. The molecule has 5 heterocycles.